The predicted molar refractivity (Wildman–Crippen MR) is 220 cm³/mol. The van der Waals surface area contributed by atoms with Gasteiger partial charge in [-0.3, -0.25) is 4.79 Å². The summed E-state index contributed by atoms with van der Waals surface area (Å²) in [5.41, 5.74) is 7.18. The Hall–Kier alpha value is -6.18. The molecule has 326 valence electrons. The van der Waals surface area contributed by atoms with E-state index in [0.29, 0.717) is 31.7 Å². The van der Waals surface area contributed by atoms with Crippen molar-refractivity contribution in [1.82, 2.24) is 29.1 Å². The molecule has 19 heteroatoms. The first kappa shape index (κ1) is 44.4. The number of carbonyl (C=O) groups is 2. The molecule has 2 aliphatic heterocycles. The Morgan fingerprint density at radius 3 is 2.13 bits per heavy atom. The molecule has 17 nitrogen and oxygen atoms in total. The summed E-state index contributed by atoms with van der Waals surface area (Å²) < 4.78 is 51.0. The van der Waals surface area contributed by atoms with Crippen LogP contribution in [-0.2, 0) is 31.2 Å². The van der Waals surface area contributed by atoms with Crippen LogP contribution in [0.1, 0.15) is 45.2 Å². The Bertz CT molecular complexity index is 2260. The number of hydrogen-bond donors (Lipinski definition) is 3. The molecule has 2 fully saturated rings. The van der Waals surface area contributed by atoms with Gasteiger partial charge in [0.15, 0.2) is 0 Å². The topological polar surface area (TPSA) is 205 Å². The zero-order chi connectivity index (χ0) is 43.7. The fraction of sp³-hybridized carbons (Fsp3) is 0.429. The zero-order valence-corrected chi connectivity index (χ0v) is 34.2. The normalized spacial score (nSPS) is 19.1. The highest BCUT2D eigenvalue weighted by molar-refractivity contribution is 5.71. The van der Waals surface area contributed by atoms with Gasteiger partial charge in [0.2, 0.25) is 0 Å². The largest absolute Gasteiger partial charge is 0.493 e. The third-order valence-corrected chi connectivity index (χ3v) is 10.8. The lowest BCUT2D eigenvalue weighted by Gasteiger charge is -2.37. The number of nitrogens with zero attached hydrogens (tertiary/aromatic N) is 8. The highest BCUT2D eigenvalue weighted by Crippen LogP contribution is 2.42. The van der Waals surface area contributed by atoms with Crippen molar-refractivity contribution in [2.75, 3.05) is 55.7 Å². The summed E-state index contributed by atoms with van der Waals surface area (Å²) in [5.74, 6) is -2.31. The number of ether oxygens (including phenoxy) is 3. The van der Waals surface area contributed by atoms with Gasteiger partial charge in [-0.1, -0.05) is 13.0 Å². The average molecular weight is 848 g/mol. The van der Waals surface area contributed by atoms with E-state index in [9.17, 15) is 23.2 Å². The van der Waals surface area contributed by atoms with E-state index in [-0.39, 0.29) is 30.3 Å². The van der Waals surface area contributed by atoms with Crippen molar-refractivity contribution < 1.29 is 42.8 Å². The summed E-state index contributed by atoms with van der Waals surface area (Å²) in [5, 5.41) is 24.3. The van der Waals surface area contributed by atoms with Crippen LogP contribution in [0.2, 0.25) is 0 Å². The summed E-state index contributed by atoms with van der Waals surface area (Å²) in [7, 11) is 0. The highest BCUT2D eigenvalue weighted by atomic mass is 19.1. The zero-order valence-electron chi connectivity index (χ0n) is 34.2. The van der Waals surface area contributed by atoms with Gasteiger partial charge < -0.3 is 40.0 Å². The van der Waals surface area contributed by atoms with Crippen molar-refractivity contribution >= 4 is 23.3 Å². The molecule has 0 bridgehead atoms. The molecule has 4 N–H and O–H groups in total. The Kier molecular flexibility index (Phi) is 14.5. The number of aromatic nitrogens is 6. The van der Waals surface area contributed by atoms with Crippen LogP contribution < -0.4 is 26.0 Å². The second-order valence-corrected chi connectivity index (χ2v) is 15.0. The van der Waals surface area contributed by atoms with E-state index in [2.05, 4.69) is 37.1 Å². The second-order valence-electron chi connectivity index (χ2n) is 15.0. The van der Waals surface area contributed by atoms with E-state index < -0.39 is 47.4 Å². The van der Waals surface area contributed by atoms with Crippen LogP contribution in [0.15, 0.2) is 90.5 Å². The maximum atomic E-state index is 15.0. The smallest absolute Gasteiger partial charge is 0.350 e. The minimum absolute atomic E-state index is 0.0228. The van der Waals surface area contributed by atoms with E-state index in [4.69, 9.17) is 30.2 Å². The summed E-state index contributed by atoms with van der Waals surface area (Å²) in [6.07, 6.45) is 3.68. The highest BCUT2D eigenvalue weighted by Gasteiger charge is 2.44. The van der Waals surface area contributed by atoms with Gasteiger partial charge in [-0.05, 0) is 81.3 Å². The molecule has 2 saturated heterocycles. The third-order valence-electron chi connectivity index (χ3n) is 10.8. The summed E-state index contributed by atoms with van der Waals surface area (Å²) in [4.78, 5) is 43.1. The molecule has 2 aromatic heterocycles. The summed E-state index contributed by atoms with van der Waals surface area (Å²) in [6.45, 7) is 8.87. The van der Waals surface area contributed by atoms with Crippen molar-refractivity contribution in [2.24, 2.45) is 11.7 Å². The van der Waals surface area contributed by atoms with Crippen molar-refractivity contribution in [2.45, 2.75) is 64.0 Å². The molecule has 0 aliphatic carbocycles. The number of carboxylic acid groups (broad SMARTS) is 1. The molecule has 5 atom stereocenters. The number of aliphatic hydroxyl groups is 1. The molecule has 5 aromatic rings. The van der Waals surface area contributed by atoms with Crippen molar-refractivity contribution in [1.29, 1.82) is 0 Å². The fourth-order valence-corrected chi connectivity index (χ4v) is 7.56. The molecular weight excluding hydrogens is 797 g/mol. The van der Waals surface area contributed by atoms with Gasteiger partial charge in [-0.2, -0.15) is 10.2 Å². The number of esters is 1. The first-order valence-corrected chi connectivity index (χ1v) is 20.0. The first-order valence-electron chi connectivity index (χ1n) is 20.0. The molecule has 7 rings (SSSR count). The molecule has 0 amide bonds. The number of carboxylic acids is 1. The summed E-state index contributed by atoms with van der Waals surface area (Å²) in [6, 6.07) is 19.0. The fourth-order valence-electron chi connectivity index (χ4n) is 7.56. The van der Waals surface area contributed by atoms with Gasteiger partial charge in [0, 0.05) is 55.1 Å². The quantitative estimate of drug-likeness (QED) is 0.129. The van der Waals surface area contributed by atoms with E-state index in [1.807, 2.05) is 43.3 Å². The lowest BCUT2D eigenvalue weighted by molar-refractivity contribution is -0.149. The lowest BCUT2D eigenvalue weighted by Crippen LogP contribution is -2.46. The number of hydrogen-bond acceptors (Lipinski definition) is 13. The van der Waals surface area contributed by atoms with Crippen molar-refractivity contribution in [3.8, 4) is 11.4 Å². The van der Waals surface area contributed by atoms with E-state index >= 15 is 0 Å². The van der Waals surface area contributed by atoms with Gasteiger partial charge in [0.05, 0.1) is 38.0 Å². The number of benzene rings is 3. The molecule has 0 radical (unpaired) electrons. The van der Waals surface area contributed by atoms with E-state index in [1.54, 1.807) is 17.9 Å². The molecule has 3 aromatic carbocycles. The molecular formula is C42H51F2N9O8. The summed E-state index contributed by atoms with van der Waals surface area (Å²) >= 11 is 0. The standard InChI is InChI=1S/C39H45F2N9O5.C3H6O3/c1-3-36(27(2)55-37(51)20-42)50-38(52)49(26-45-50)32-7-5-30(6-8-32)46-14-16-47(17-15-46)31-9-11-33(12-10-31)53-21-28-19-39(54-22-28,23-48-25-43-24-44-48)34-13-4-29(40)18-35(34)41;1-2(4)3(5)6/h4-13,18,24-28,36H,3,14-17,19-23,42H2,1-2H3;2,4H,1H3,(H,5,6)/t27-,28+,36-,39-;2-/m00/s1. The third kappa shape index (κ3) is 10.8. The minimum Gasteiger partial charge on any atom is -0.493 e. The van der Waals surface area contributed by atoms with E-state index in [1.165, 1.54) is 41.0 Å². The van der Waals surface area contributed by atoms with Crippen LogP contribution in [0.5, 0.6) is 5.75 Å². The molecule has 0 saturated carbocycles. The van der Waals surface area contributed by atoms with Gasteiger partial charge in [-0.25, -0.2) is 37.3 Å². The monoisotopic (exact) mass is 847 g/mol. The lowest BCUT2D eigenvalue weighted by atomic mass is 9.87. The first-order chi connectivity index (χ1) is 29.3. The second kappa shape index (κ2) is 19.9. The Morgan fingerprint density at radius 2 is 1.57 bits per heavy atom. The number of piperazine rings is 1. The van der Waals surface area contributed by atoms with Gasteiger partial charge >= 0.3 is 17.6 Å². The Labute approximate surface area is 350 Å². The minimum atomic E-state index is -1.23. The maximum Gasteiger partial charge on any atom is 0.350 e. The maximum absolute atomic E-state index is 15.0. The average Bonchev–Trinajstić information content (AvgIpc) is 4.02. The van der Waals surface area contributed by atoms with Crippen LogP contribution in [0.3, 0.4) is 0 Å². The van der Waals surface area contributed by atoms with Gasteiger partial charge in [0.1, 0.15) is 54.2 Å². The van der Waals surface area contributed by atoms with Crippen molar-refractivity contribution in [3.05, 3.63) is 113 Å². The van der Waals surface area contributed by atoms with Crippen molar-refractivity contribution in [3.63, 3.8) is 0 Å². The number of anilines is 2. The van der Waals surface area contributed by atoms with Crippen LogP contribution in [0.25, 0.3) is 5.69 Å². The van der Waals surface area contributed by atoms with E-state index in [0.717, 1.165) is 49.4 Å². The van der Waals surface area contributed by atoms with Gasteiger partial charge in [0.25, 0.3) is 0 Å². The molecule has 2 aliphatic rings. The van der Waals surface area contributed by atoms with Crippen LogP contribution in [0, 0.1) is 17.6 Å². The van der Waals surface area contributed by atoms with Crippen LogP contribution in [-0.4, -0.2) is 109 Å². The predicted octanol–water partition coefficient (Wildman–Crippen LogP) is 3.53. The molecule has 0 unspecified atom stereocenters. The number of halogens is 2. The Morgan fingerprint density at radius 1 is 0.951 bits per heavy atom. The molecule has 4 heterocycles. The number of rotatable bonds is 15. The van der Waals surface area contributed by atoms with Crippen LogP contribution in [0.4, 0.5) is 20.2 Å². The van der Waals surface area contributed by atoms with Gasteiger partial charge in [-0.15, -0.1) is 0 Å². The Balaban J connectivity index is 0.000000967. The SMILES string of the molecule is CC[C@@H]([C@H](C)OC(=O)CN)n1ncn(-c2ccc(N3CCN(c4ccc(OC[C@@H]5CO[C@@](Cn6cncn6)(c6ccc(F)cc6F)C5)cc4)CC3)cc2)c1=O.C[C@H](O)C(=O)O. The number of aliphatic carboxylic acids is 1. The number of nitrogens with two attached hydrogens (primary N) is 1. The molecule has 0 spiro atoms. The van der Waals surface area contributed by atoms with Crippen LogP contribution >= 0.6 is 0 Å². The molecule has 61 heavy (non-hydrogen) atoms. The number of aliphatic hydroxyl groups excluding tert-OH is 1. The number of carbonyl (C=O) groups excluding carboxylic acids is 1.